The molecule has 114 valence electrons. The molecule has 0 fully saturated rings. The first-order valence-corrected chi connectivity index (χ1v) is 6.75. The van der Waals surface area contributed by atoms with Crippen molar-refractivity contribution < 1.29 is 14.0 Å². The molecule has 0 spiro atoms. The van der Waals surface area contributed by atoms with Gasteiger partial charge in [-0.25, -0.2) is 4.39 Å². The van der Waals surface area contributed by atoms with Crippen molar-refractivity contribution in [1.82, 2.24) is 0 Å². The maximum atomic E-state index is 13.7. The van der Waals surface area contributed by atoms with Crippen LogP contribution in [0, 0.1) is 5.82 Å². The number of halogens is 2. The molecule has 22 heavy (non-hydrogen) atoms. The molecule has 0 heterocycles. The molecular formula is C15H13ClFN3O2. The van der Waals surface area contributed by atoms with Crippen LogP contribution in [0.15, 0.2) is 42.5 Å². The molecule has 7 heteroatoms. The van der Waals surface area contributed by atoms with E-state index < -0.39 is 17.6 Å². The van der Waals surface area contributed by atoms with Crippen molar-refractivity contribution in [3.8, 4) is 0 Å². The lowest BCUT2D eigenvalue weighted by atomic mass is 10.2. The molecule has 2 amide bonds. The molecule has 0 unspecified atom stereocenters. The van der Waals surface area contributed by atoms with Crippen LogP contribution in [0.4, 0.5) is 15.8 Å². The number of amides is 2. The van der Waals surface area contributed by atoms with Gasteiger partial charge in [-0.2, -0.15) is 0 Å². The summed E-state index contributed by atoms with van der Waals surface area (Å²) >= 11 is 5.85. The highest BCUT2D eigenvalue weighted by atomic mass is 35.5. The number of benzene rings is 2. The van der Waals surface area contributed by atoms with Gasteiger partial charge in [-0.1, -0.05) is 29.8 Å². The van der Waals surface area contributed by atoms with E-state index in [-0.39, 0.29) is 17.1 Å². The van der Waals surface area contributed by atoms with Crippen LogP contribution in [0.5, 0.6) is 0 Å². The van der Waals surface area contributed by atoms with Gasteiger partial charge in [0.05, 0.1) is 28.5 Å². The average Bonchev–Trinajstić information content (AvgIpc) is 2.49. The fourth-order valence-electron chi connectivity index (χ4n) is 1.80. The predicted molar refractivity (Wildman–Crippen MR) is 83.5 cm³/mol. The SMILES string of the molecule is NCC(=O)Nc1ccccc1NC(=O)c1c(F)cccc1Cl. The summed E-state index contributed by atoms with van der Waals surface area (Å²) in [5, 5.41) is 5.06. The van der Waals surface area contributed by atoms with Gasteiger partial charge in [0.15, 0.2) is 0 Å². The Morgan fingerprint density at radius 3 is 2.27 bits per heavy atom. The molecule has 2 aromatic carbocycles. The maximum Gasteiger partial charge on any atom is 0.260 e. The first kappa shape index (κ1) is 15.9. The maximum absolute atomic E-state index is 13.7. The Labute approximate surface area is 131 Å². The number of nitrogens with one attached hydrogen (secondary N) is 2. The third-order valence-corrected chi connectivity index (χ3v) is 3.14. The monoisotopic (exact) mass is 321 g/mol. The van der Waals surface area contributed by atoms with Gasteiger partial charge in [0.1, 0.15) is 5.82 Å². The molecule has 0 atom stereocenters. The van der Waals surface area contributed by atoms with Gasteiger partial charge >= 0.3 is 0 Å². The lowest BCUT2D eigenvalue weighted by molar-refractivity contribution is -0.114. The van der Waals surface area contributed by atoms with Crippen molar-refractivity contribution in [2.75, 3.05) is 17.2 Å². The summed E-state index contributed by atoms with van der Waals surface area (Å²) in [6.07, 6.45) is 0. The van der Waals surface area contributed by atoms with E-state index in [1.54, 1.807) is 24.3 Å². The fourth-order valence-corrected chi connectivity index (χ4v) is 2.05. The summed E-state index contributed by atoms with van der Waals surface area (Å²) in [5.41, 5.74) is 5.65. The Balaban J connectivity index is 2.27. The highest BCUT2D eigenvalue weighted by Crippen LogP contribution is 2.24. The van der Waals surface area contributed by atoms with E-state index in [0.717, 1.165) is 6.07 Å². The van der Waals surface area contributed by atoms with Crippen LogP contribution in [0.2, 0.25) is 5.02 Å². The molecule has 2 rings (SSSR count). The molecule has 0 aliphatic carbocycles. The number of hydrogen-bond donors (Lipinski definition) is 3. The molecule has 0 radical (unpaired) electrons. The van der Waals surface area contributed by atoms with Crippen molar-refractivity contribution in [3.05, 3.63) is 58.9 Å². The van der Waals surface area contributed by atoms with Gasteiger partial charge < -0.3 is 16.4 Å². The number of anilines is 2. The van der Waals surface area contributed by atoms with E-state index in [0.29, 0.717) is 11.4 Å². The van der Waals surface area contributed by atoms with Crippen LogP contribution < -0.4 is 16.4 Å². The Hall–Kier alpha value is -2.44. The average molecular weight is 322 g/mol. The summed E-state index contributed by atoms with van der Waals surface area (Å²) in [6, 6.07) is 10.5. The molecule has 0 bridgehead atoms. The number of hydrogen-bond acceptors (Lipinski definition) is 3. The number of rotatable bonds is 4. The summed E-state index contributed by atoms with van der Waals surface area (Å²) in [5.74, 6) is -1.85. The lowest BCUT2D eigenvalue weighted by Gasteiger charge is -2.12. The normalized spacial score (nSPS) is 10.1. The molecule has 0 aliphatic rings. The largest absolute Gasteiger partial charge is 0.323 e. The van der Waals surface area contributed by atoms with Gasteiger partial charge in [0.2, 0.25) is 5.91 Å². The molecule has 5 nitrogen and oxygen atoms in total. The van der Waals surface area contributed by atoms with Gasteiger partial charge in [-0.3, -0.25) is 9.59 Å². The third-order valence-electron chi connectivity index (χ3n) is 2.82. The molecule has 4 N–H and O–H groups in total. The quantitative estimate of drug-likeness (QED) is 0.809. The first-order valence-electron chi connectivity index (χ1n) is 6.37. The lowest BCUT2D eigenvalue weighted by Crippen LogP contribution is -2.23. The zero-order chi connectivity index (χ0) is 16.1. The van der Waals surface area contributed by atoms with Crippen LogP contribution in [0.1, 0.15) is 10.4 Å². The standard InChI is InChI=1S/C15H13ClFN3O2/c16-9-4-3-5-10(17)14(9)15(22)20-12-7-2-1-6-11(12)19-13(21)8-18/h1-7H,8,18H2,(H,19,21)(H,20,22). The van der Waals surface area contributed by atoms with E-state index in [2.05, 4.69) is 10.6 Å². The highest BCUT2D eigenvalue weighted by Gasteiger charge is 2.17. The zero-order valence-corrected chi connectivity index (χ0v) is 12.2. The smallest absolute Gasteiger partial charge is 0.260 e. The Bertz CT molecular complexity index is 701. The molecular weight excluding hydrogens is 309 g/mol. The van der Waals surface area contributed by atoms with Gasteiger partial charge in [0.25, 0.3) is 5.91 Å². The topological polar surface area (TPSA) is 84.2 Å². The summed E-state index contributed by atoms with van der Waals surface area (Å²) in [4.78, 5) is 23.6. The number of para-hydroxylation sites is 2. The number of carbonyl (C=O) groups is 2. The summed E-state index contributed by atoms with van der Waals surface area (Å²) < 4.78 is 13.7. The van der Waals surface area contributed by atoms with Gasteiger partial charge in [-0.15, -0.1) is 0 Å². The minimum atomic E-state index is -0.728. The second-order valence-corrected chi connectivity index (χ2v) is 4.76. The second-order valence-electron chi connectivity index (χ2n) is 4.35. The molecule has 0 saturated heterocycles. The van der Waals surface area contributed by atoms with Crippen molar-refractivity contribution in [2.24, 2.45) is 5.73 Å². The molecule has 0 aliphatic heterocycles. The van der Waals surface area contributed by atoms with Gasteiger partial charge in [-0.05, 0) is 24.3 Å². The Morgan fingerprint density at radius 2 is 1.68 bits per heavy atom. The van der Waals surface area contributed by atoms with Gasteiger partial charge in [0, 0.05) is 0 Å². The minimum Gasteiger partial charge on any atom is -0.323 e. The van der Waals surface area contributed by atoms with E-state index in [1.165, 1.54) is 12.1 Å². The Kier molecular flexibility index (Phi) is 5.08. The van der Waals surface area contributed by atoms with Crippen LogP contribution in [0.25, 0.3) is 0 Å². The van der Waals surface area contributed by atoms with Crippen LogP contribution in [0.3, 0.4) is 0 Å². The Morgan fingerprint density at radius 1 is 1.05 bits per heavy atom. The summed E-state index contributed by atoms with van der Waals surface area (Å²) in [7, 11) is 0. The third kappa shape index (κ3) is 3.60. The number of nitrogens with two attached hydrogens (primary N) is 1. The predicted octanol–water partition coefficient (Wildman–Crippen LogP) is 2.63. The molecule has 0 saturated carbocycles. The van der Waals surface area contributed by atoms with Crippen LogP contribution in [-0.4, -0.2) is 18.4 Å². The van der Waals surface area contributed by atoms with E-state index in [4.69, 9.17) is 17.3 Å². The van der Waals surface area contributed by atoms with E-state index in [1.807, 2.05) is 0 Å². The second kappa shape index (κ2) is 7.02. The van der Waals surface area contributed by atoms with Crippen molar-refractivity contribution in [3.63, 3.8) is 0 Å². The first-order chi connectivity index (χ1) is 10.5. The number of carbonyl (C=O) groups excluding carboxylic acids is 2. The highest BCUT2D eigenvalue weighted by molar-refractivity contribution is 6.34. The van der Waals surface area contributed by atoms with Crippen molar-refractivity contribution >= 4 is 34.8 Å². The summed E-state index contributed by atoms with van der Waals surface area (Å²) in [6.45, 7) is -0.193. The molecule has 0 aromatic heterocycles. The van der Waals surface area contributed by atoms with E-state index in [9.17, 15) is 14.0 Å². The zero-order valence-electron chi connectivity index (χ0n) is 11.4. The fraction of sp³-hybridized carbons (Fsp3) is 0.0667. The van der Waals surface area contributed by atoms with Crippen LogP contribution in [-0.2, 0) is 4.79 Å². The molecule has 2 aromatic rings. The van der Waals surface area contributed by atoms with Crippen molar-refractivity contribution in [2.45, 2.75) is 0 Å². The van der Waals surface area contributed by atoms with Crippen molar-refractivity contribution in [1.29, 1.82) is 0 Å². The van der Waals surface area contributed by atoms with E-state index >= 15 is 0 Å². The minimum absolute atomic E-state index is 0.000903. The van der Waals surface area contributed by atoms with Crippen LogP contribution >= 0.6 is 11.6 Å².